The number of methoxy groups -OCH3 is 1. The molecule has 0 bridgehead atoms. The number of ether oxygens (including phenoxy) is 2. The van der Waals surface area contributed by atoms with Gasteiger partial charge in [-0.2, -0.15) is 0 Å². The molecule has 1 N–H and O–H groups in total. The Morgan fingerprint density at radius 3 is 2.64 bits per heavy atom. The molecule has 28 heavy (non-hydrogen) atoms. The van der Waals surface area contributed by atoms with Crippen molar-refractivity contribution < 1.29 is 19.1 Å². The lowest BCUT2D eigenvalue weighted by molar-refractivity contribution is -0.117. The molecule has 148 valence electrons. The summed E-state index contributed by atoms with van der Waals surface area (Å²) in [6.45, 7) is 4.41. The van der Waals surface area contributed by atoms with Gasteiger partial charge in [-0.25, -0.2) is 0 Å². The van der Waals surface area contributed by atoms with Crippen LogP contribution in [0.2, 0.25) is 5.02 Å². The number of anilines is 2. The number of hydrogen-bond donors (Lipinski definition) is 1. The predicted molar refractivity (Wildman–Crippen MR) is 110 cm³/mol. The van der Waals surface area contributed by atoms with E-state index in [9.17, 15) is 9.59 Å². The first kappa shape index (κ1) is 20.0. The molecule has 2 aromatic carbocycles. The van der Waals surface area contributed by atoms with E-state index in [2.05, 4.69) is 5.32 Å². The summed E-state index contributed by atoms with van der Waals surface area (Å²) in [6.07, 6.45) is 1.24. The molecule has 0 aliphatic carbocycles. The fourth-order valence-electron chi connectivity index (χ4n) is 3.11. The van der Waals surface area contributed by atoms with Gasteiger partial charge in [-0.3, -0.25) is 9.59 Å². The van der Waals surface area contributed by atoms with Gasteiger partial charge in [0.15, 0.2) is 11.5 Å². The molecule has 2 amide bonds. The normalized spacial score (nSPS) is 13.8. The van der Waals surface area contributed by atoms with Crippen molar-refractivity contribution in [2.24, 2.45) is 0 Å². The highest BCUT2D eigenvalue weighted by Crippen LogP contribution is 2.37. The van der Waals surface area contributed by atoms with Crippen LogP contribution in [-0.4, -0.2) is 31.6 Å². The van der Waals surface area contributed by atoms with Gasteiger partial charge >= 0.3 is 0 Å². The maximum atomic E-state index is 12.8. The number of nitrogens with zero attached hydrogens (tertiary/aromatic N) is 1. The molecule has 0 saturated carbocycles. The van der Waals surface area contributed by atoms with E-state index in [4.69, 9.17) is 21.1 Å². The summed E-state index contributed by atoms with van der Waals surface area (Å²) in [5, 5.41) is 3.17. The number of halogens is 1. The van der Waals surface area contributed by atoms with Crippen molar-refractivity contribution in [3.8, 4) is 11.5 Å². The lowest BCUT2D eigenvalue weighted by Crippen LogP contribution is -2.25. The van der Waals surface area contributed by atoms with E-state index in [-0.39, 0.29) is 17.9 Å². The zero-order chi connectivity index (χ0) is 20.3. The molecule has 1 fully saturated rings. The Balaban J connectivity index is 1.88. The van der Waals surface area contributed by atoms with Gasteiger partial charge in [0, 0.05) is 18.5 Å². The lowest BCUT2D eigenvalue weighted by Gasteiger charge is -2.20. The number of hydrogen-bond acceptors (Lipinski definition) is 4. The van der Waals surface area contributed by atoms with Gasteiger partial charge in [0.05, 0.1) is 29.6 Å². The monoisotopic (exact) mass is 402 g/mol. The highest BCUT2D eigenvalue weighted by Gasteiger charge is 2.24. The first-order valence-corrected chi connectivity index (χ1v) is 9.53. The van der Waals surface area contributed by atoms with Crippen LogP contribution in [0.15, 0.2) is 36.4 Å². The van der Waals surface area contributed by atoms with E-state index < -0.39 is 0 Å². The summed E-state index contributed by atoms with van der Waals surface area (Å²) in [4.78, 5) is 26.6. The third-order valence-electron chi connectivity index (χ3n) is 4.36. The SMILES string of the molecule is COc1cc(C(=O)Nc2ccccc2N2CCCC2=O)cc(Cl)c1OC(C)C. The van der Waals surface area contributed by atoms with Crippen LogP contribution in [0.3, 0.4) is 0 Å². The van der Waals surface area contributed by atoms with E-state index >= 15 is 0 Å². The average molecular weight is 403 g/mol. The first-order valence-electron chi connectivity index (χ1n) is 9.15. The fourth-order valence-corrected chi connectivity index (χ4v) is 3.37. The maximum absolute atomic E-state index is 12.8. The average Bonchev–Trinajstić information content (AvgIpc) is 3.09. The molecule has 7 heteroatoms. The summed E-state index contributed by atoms with van der Waals surface area (Å²) >= 11 is 6.32. The number of benzene rings is 2. The van der Waals surface area contributed by atoms with E-state index in [1.807, 2.05) is 32.0 Å². The quantitative estimate of drug-likeness (QED) is 0.771. The molecule has 1 saturated heterocycles. The number of rotatable bonds is 6. The van der Waals surface area contributed by atoms with Gasteiger partial charge < -0.3 is 19.7 Å². The van der Waals surface area contributed by atoms with Crippen molar-refractivity contribution in [3.63, 3.8) is 0 Å². The van der Waals surface area contributed by atoms with Crippen molar-refractivity contribution in [3.05, 3.63) is 47.0 Å². The Bertz CT molecular complexity index is 898. The molecular formula is C21H23ClN2O4. The Labute approximate surface area is 169 Å². The van der Waals surface area contributed by atoms with Crippen molar-refractivity contribution in [1.82, 2.24) is 0 Å². The largest absolute Gasteiger partial charge is 0.493 e. The lowest BCUT2D eigenvalue weighted by atomic mass is 10.1. The minimum atomic E-state index is -0.351. The van der Waals surface area contributed by atoms with Gasteiger partial charge in [-0.05, 0) is 44.5 Å². The summed E-state index contributed by atoms with van der Waals surface area (Å²) in [7, 11) is 1.49. The van der Waals surface area contributed by atoms with Gasteiger partial charge in [-0.1, -0.05) is 23.7 Å². The molecule has 1 aliphatic heterocycles. The fraction of sp³-hybridized carbons (Fsp3) is 0.333. The molecule has 1 aliphatic rings. The molecule has 0 unspecified atom stereocenters. The zero-order valence-electron chi connectivity index (χ0n) is 16.1. The smallest absolute Gasteiger partial charge is 0.255 e. The molecule has 6 nitrogen and oxygen atoms in total. The molecular weight excluding hydrogens is 380 g/mol. The van der Waals surface area contributed by atoms with Crippen LogP contribution >= 0.6 is 11.6 Å². The Morgan fingerprint density at radius 1 is 1.25 bits per heavy atom. The van der Waals surface area contributed by atoms with Crippen molar-refractivity contribution >= 4 is 34.8 Å². The van der Waals surface area contributed by atoms with Crippen LogP contribution in [0.1, 0.15) is 37.0 Å². The maximum Gasteiger partial charge on any atom is 0.255 e. The topological polar surface area (TPSA) is 67.9 Å². The Morgan fingerprint density at radius 2 is 2.00 bits per heavy atom. The van der Waals surface area contributed by atoms with Crippen LogP contribution in [-0.2, 0) is 4.79 Å². The molecule has 0 atom stereocenters. The van der Waals surface area contributed by atoms with Crippen molar-refractivity contribution in [1.29, 1.82) is 0 Å². The van der Waals surface area contributed by atoms with Gasteiger partial charge in [-0.15, -0.1) is 0 Å². The second-order valence-electron chi connectivity index (χ2n) is 6.78. The van der Waals surface area contributed by atoms with Gasteiger partial charge in [0.2, 0.25) is 5.91 Å². The third kappa shape index (κ3) is 4.22. The minimum Gasteiger partial charge on any atom is -0.493 e. The predicted octanol–water partition coefficient (Wildman–Crippen LogP) is 4.51. The third-order valence-corrected chi connectivity index (χ3v) is 4.64. The number of amides is 2. The number of para-hydroxylation sites is 2. The number of carbonyl (C=O) groups is 2. The van der Waals surface area contributed by atoms with E-state index in [1.165, 1.54) is 7.11 Å². The second-order valence-corrected chi connectivity index (χ2v) is 7.18. The summed E-state index contributed by atoms with van der Waals surface area (Å²) in [5.74, 6) is 0.491. The van der Waals surface area contributed by atoms with Crippen LogP contribution in [0.5, 0.6) is 11.5 Å². The molecule has 2 aromatic rings. The Hall–Kier alpha value is -2.73. The molecule has 0 spiro atoms. The second kappa shape index (κ2) is 8.52. The van der Waals surface area contributed by atoms with E-state index in [0.29, 0.717) is 46.4 Å². The highest BCUT2D eigenvalue weighted by atomic mass is 35.5. The highest BCUT2D eigenvalue weighted by molar-refractivity contribution is 6.32. The van der Waals surface area contributed by atoms with Crippen molar-refractivity contribution in [2.75, 3.05) is 23.9 Å². The standard InChI is InChI=1S/C21H23ClN2O4/c1-13(2)28-20-15(22)11-14(12-18(20)27-3)21(26)23-16-7-4-5-8-17(16)24-10-6-9-19(24)25/h4-5,7-8,11-13H,6,9-10H2,1-3H3,(H,23,26). The number of nitrogens with one attached hydrogen (secondary N) is 1. The molecule has 1 heterocycles. The zero-order valence-corrected chi connectivity index (χ0v) is 16.9. The summed E-state index contributed by atoms with van der Waals surface area (Å²) in [6, 6.07) is 10.4. The van der Waals surface area contributed by atoms with Crippen molar-refractivity contribution in [2.45, 2.75) is 32.8 Å². The first-order chi connectivity index (χ1) is 13.4. The van der Waals surface area contributed by atoms with Crippen LogP contribution in [0.25, 0.3) is 0 Å². The number of carbonyl (C=O) groups excluding carboxylic acids is 2. The van der Waals surface area contributed by atoms with E-state index in [1.54, 1.807) is 23.1 Å². The van der Waals surface area contributed by atoms with E-state index in [0.717, 1.165) is 6.42 Å². The molecule has 0 aromatic heterocycles. The molecule has 0 radical (unpaired) electrons. The minimum absolute atomic E-state index is 0.0570. The molecule has 3 rings (SSSR count). The van der Waals surface area contributed by atoms with Gasteiger partial charge in [0.25, 0.3) is 5.91 Å². The van der Waals surface area contributed by atoms with Crippen LogP contribution < -0.4 is 19.7 Å². The summed E-state index contributed by atoms with van der Waals surface area (Å²) in [5.41, 5.74) is 1.59. The van der Waals surface area contributed by atoms with Crippen LogP contribution in [0.4, 0.5) is 11.4 Å². The van der Waals surface area contributed by atoms with Gasteiger partial charge in [0.1, 0.15) is 0 Å². The van der Waals surface area contributed by atoms with Crippen LogP contribution in [0, 0.1) is 0 Å². The summed E-state index contributed by atoms with van der Waals surface area (Å²) < 4.78 is 11.0. The Kier molecular flexibility index (Phi) is 6.09.